The third kappa shape index (κ3) is 4.07. The van der Waals surface area contributed by atoms with Gasteiger partial charge in [-0.25, -0.2) is 10.8 Å². The molecule has 0 aliphatic carbocycles. The van der Waals surface area contributed by atoms with Crippen LogP contribution in [0.1, 0.15) is 17.3 Å². The first kappa shape index (κ1) is 12.9. The van der Waals surface area contributed by atoms with E-state index in [4.69, 9.17) is 5.84 Å². The van der Waals surface area contributed by atoms with Gasteiger partial charge in [0.05, 0.1) is 5.56 Å². The lowest BCUT2D eigenvalue weighted by Crippen LogP contribution is -2.34. The predicted molar refractivity (Wildman–Crippen MR) is 63.1 cm³/mol. The summed E-state index contributed by atoms with van der Waals surface area (Å²) in [7, 11) is 0. The standard InChI is InChI=1S/C10H15N5O2/c1-7(16)12-5-6-14-10(17)8-3-2-4-13-9(8)15-11/h2-4H,5-6,11H2,1H3,(H,12,16)(H,13,15)(H,14,17). The molecule has 0 unspecified atom stereocenters. The maximum Gasteiger partial charge on any atom is 0.255 e. The fourth-order valence-electron chi connectivity index (χ4n) is 1.21. The van der Waals surface area contributed by atoms with Gasteiger partial charge in [-0.05, 0) is 12.1 Å². The van der Waals surface area contributed by atoms with Crippen molar-refractivity contribution in [2.45, 2.75) is 6.92 Å². The number of nitrogens with two attached hydrogens (primary N) is 1. The van der Waals surface area contributed by atoms with Crippen LogP contribution in [0.5, 0.6) is 0 Å². The van der Waals surface area contributed by atoms with Crippen LogP contribution in [-0.4, -0.2) is 29.9 Å². The lowest BCUT2D eigenvalue weighted by atomic mass is 10.2. The van der Waals surface area contributed by atoms with Crippen LogP contribution in [0.3, 0.4) is 0 Å². The summed E-state index contributed by atoms with van der Waals surface area (Å²) in [6.07, 6.45) is 1.53. The summed E-state index contributed by atoms with van der Waals surface area (Å²) < 4.78 is 0. The Balaban J connectivity index is 2.49. The number of pyridine rings is 1. The highest BCUT2D eigenvalue weighted by Crippen LogP contribution is 2.08. The summed E-state index contributed by atoms with van der Waals surface area (Å²) >= 11 is 0. The van der Waals surface area contributed by atoms with E-state index in [-0.39, 0.29) is 11.8 Å². The summed E-state index contributed by atoms with van der Waals surface area (Å²) in [5.74, 6) is 5.11. The van der Waals surface area contributed by atoms with E-state index in [0.717, 1.165) is 0 Å². The summed E-state index contributed by atoms with van der Waals surface area (Å²) in [6.45, 7) is 2.14. The zero-order valence-corrected chi connectivity index (χ0v) is 9.49. The monoisotopic (exact) mass is 237 g/mol. The molecule has 2 amide bonds. The Morgan fingerprint density at radius 2 is 2.06 bits per heavy atom. The fraction of sp³-hybridized carbons (Fsp3) is 0.300. The Hall–Kier alpha value is -2.15. The molecule has 5 N–H and O–H groups in total. The molecule has 0 spiro atoms. The third-order valence-corrected chi connectivity index (χ3v) is 1.97. The molecular formula is C10H15N5O2. The lowest BCUT2D eigenvalue weighted by Gasteiger charge is -2.08. The highest BCUT2D eigenvalue weighted by Gasteiger charge is 2.10. The predicted octanol–water partition coefficient (Wildman–Crippen LogP) is -0.767. The summed E-state index contributed by atoms with van der Waals surface area (Å²) in [6, 6.07) is 3.25. The minimum absolute atomic E-state index is 0.134. The van der Waals surface area contributed by atoms with Crippen LogP contribution >= 0.6 is 0 Å². The van der Waals surface area contributed by atoms with Crippen molar-refractivity contribution in [2.24, 2.45) is 5.84 Å². The van der Waals surface area contributed by atoms with Crippen molar-refractivity contribution < 1.29 is 9.59 Å². The van der Waals surface area contributed by atoms with Gasteiger partial charge >= 0.3 is 0 Å². The molecule has 17 heavy (non-hydrogen) atoms. The maximum atomic E-state index is 11.7. The van der Waals surface area contributed by atoms with Crippen LogP contribution in [0.15, 0.2) is 18.3 Å². The molecule has 1 rings (SSSR count). The summed E-state index contributed by atoms with van der Waals surface area (Å²) in [5.41, 5.74) is 2.70. The van der Waals surface area contributed by atoms with E-state index in [9.17, 15) is 9.59 Å². The molecule has 1 aromatic heterocycles. The van der Waals surface area contributed by atoms with Crippen LogP contribution in [0.2, 0.25) is 0 Å². The van der Waals surface area contributed by atoms with Gasteiger partial charge in [-0.3, -0.25) is 9.59 Å². The molecule has 1 heterocycles. The molecule has 0 atom stereocenters. The number of hydrogen-bond acceptors (Lipinski definition) is 5. The van der Waals surface area contributed by atoms with Gasteiger partial charge in [-0.2, -0.15) is 0 Å². The van der Waals surface area contributed by atoms with E-state index in [1.165, 1.54) is 13.1 Å². The van der Waals surface area contributed by atoms with Gasteiger partial charge in [0.25, 0.3) is 5.91 Å². The Kier molecular flexibility index (Phi) is 4.89. The van der Waals surface area contributed by atoms with Crippen molar-refractivity contribution in [1.29, 1.82) is 0 Å². The molecule has 0 bridgehead atoms. The fourth-order valence-corrected chi connectivity index (χ4v) is 1.21. The van der Waals surface area contributed by atoms with Crippen LogP contribution in [0, 0.1) is 0 Å². The van der Waals surface area contributed by atoms with Gasteiger partial charge in [0, 0.05) is 26.2 Å². The molecular weight excluding hydrogens is 222 g/mol. The third-order valence-electron chi connectivity index (χ3n) is 1.97. The molecule has 7 heteroatoms. The highest BCUT2D eigenvalue weighted by atomic mass is 16.2. The molecule has 0 saturated heterocycles. The molecule has 1 aromatic rings. The number of rotatable bonds is 5. The summed E-state index contributed by atoms with van der Waals surface area (Å²) in [5, 5.41) is 5.21. The van der Waals surface area contributed by atoms with E-state index >= 15 is 0 Å². The number of hydrazine groups is 1. The van der Waals surface area contributed by atoms with Gasteiger partial charge in [-0.1, -0.05) is 0 Å². The van der Waals surface area contributed by atoms with E-state index < -0.39 is 0 Å². The minimum atomic E-state index is -0.295. The Labute approximate surface area is 98.8 Å². The van der Waals surface area contributed by atoms with Crippen molar-refractivity contribution in [1.82, 2.24) is 15.6 Å². The number of nitrogens with one attached hydrogen (secondary N) is 3. The van der Waals surface area contributed by atoms with Crippen molar-refractivity contribution in [3.63, 3.8) is 0 Å². The van der Waals surface area contributed by atoms with Crippen LogP contribution in [0.4, 0.5) is 5.82 Å². The van der Waals surface area contributed by atoms with Gasteiger partial charge in [0.15, 0.2) is 5.82 Å². The van der Waals surface area contributed by atoms with Crippen LogP contribution in [-0.2, 0) is 4.79 Å². The second-order valence-electron chi connectivity index (χ2n) is 3.28. The molecule has 0 radical (unpaired) electrons. The first-order valence-corrected chi connectivity index (χ1v) is 5.09. The number of amides is 2. The number of nitrogen functional groups attached to an aromatic ring is 1. The normalized spacial score (nSPS) is 9.53. The number of carbonyl (C=O) groups excluding carboxylic acids is 2. The van der Waals surface area contributed by atoms with Crippen LogP contribution in [0.25, 0.3) is 0 Å². The smallest absolute Gasteiger partial charge is 0.255 e. The lowest BCUT2D eigenvalue weighted by molar-refractivity contribution is -0.118. The van der Waals surface area contributed by atoms with Gasteiger partial charge in [0.1, 0.15) is 0 Å². The second kappa shape index (κ2) is 6.44. The van der Waals surface area contributed by atoms with Crippen molar-refractivity contribution >= 4 is 17.6 Å². The Morgan fingerprint density at radius 3 is 2.71 bits per heavy atom. The number of aromatic nitrogens is 1. The molecule has 0 aliphatic rings. The van der Waals surface area contributed by atoms with Crippen molar-refractivity contribution in [2.75, 3.05) is 18.5 Å². The largest absolute Gasteiger partial charge is 0.355 e. The zero-order valence-electron chi connectivity index (χ0n) is 9.49. The Bertz CT molecular complexity index is 407. The molecule has 92 valence electrons. The molecule has 0 fully saturated rings. The molecule has 7 nitrogen and oxygen atoms in total. The van der Waals surface area contributed by atoms with Crippen molar-refractivity contribution in [3.05, 3.63) is 23.9 Å². The highest BCUT2D eigenvalue weighted by molar-refractivity contribution is 5.98. The number of hydrogen-bond donors (Lipinski definition) is 4. The van der Waals surface area contributed by atoms with E-state index in [1.54, 1.807) is 12.1 Å². The zero-order chi connectivity index (χ0) is 12.7. The topological polar surface area (TPSA) is 109 Å². The van der Waals surface area contributed by atoms with E-state index in [0.29, 0.717) is 24.5 Å². The number of nitrogens with zero attached hydrogens (tertiary/aromatic N) is 1. The van der Waals surface area contributed by atoms with E-state index in [1.807, 2.05) is 0 Å². The van der Waals surface area contributed by atoms with Crippen molar-refractivity contribution in [3.8, 4) is 0 Å². The van der Waals surface area contributed by atoms with Gasteiger partial charge in [-0.15, -0.1) is 0 Å². The van der Waals surface area contributed by atoms with Gasteiger partial charge in [0.2, 0.25) is 5.91 Å². The average Bonchev–Trinajstić information content (AvgIpc) is 2.34. The average molecular weight is 237 g/mol. The molecule has 0 saturated carbocycles. The first-order chi connectivity index (χ1) is 8.15. The number of carbonyl (C=O) groups is 2. The SMILES string of the molecule is CC(=O)NCCNC(=O)c1cccnc1NN. The molecule has 0 aliphatic heterocycles. The Morgan fingerprint density at radius 1 is 1.35 bits per heavy atom. The molecule has 0 aromatic carbocycles. The maximum absolute atomic E-state index is 11.7. The quantitative estimate of drug-likeness (QED) is 0.305. The van der Waals surface area contributed by atoms with Gasteiger partial charge < -0.3 is 16.1 Å². The van der Waals surface area contributed by atoms with Crippen LogP contribution < -0.4 is 21.9 Å². The number of anilines is 1. The second-order valence-corrected chi connectivity index (χ2v) is 3.28. The minimum Gasteiger partial charge on any atom is -0.355 e. The summed E-state index contributed by atoms with van der Waals surface area (Å²) in [4.78, 5) is 26.2. The van der Waals surface area contributed by atoms with E-state index in [2.05, 4.69) is 21.0 Å². The first-order valence-electron chi connectivity index (χ1n) is 5.09.